The summed E-state index contributed by atoms with van der Waals surface area (Å²) >= 11 is 0. The third kappa shape index (κ3) is 5.83. The number of guanidine groups is 1. The Morgan fingerprint density at radius 2 is 2.14 bits per heavy atom. The number of nitrogens with one attached hydrogen (secondary N) is 2. The number of rotatable bonds is 6. The van der Waals surface area contributed by atoms with Crippen LogP contribution in [0, 0.1) is 6.92 Å². The van der Waals surface area contributed by atoms with Crippen LogP contribution in [0.3, 0.4) is 0 Å². The van der Waals surface area contributed by atoms with E-state index < -0.39 is 0 Å². The molecule has 2 aliphatic rings. The average Bonchev–Trinajstić information content (AvgIpc) is 3.19. The molecule has 156 valence electrons. The predicted octanol–water partition coefficient (Wildman–Crippen LogP) is 1.07. The maximum Gasteiger partial charge on any atom is 0.191 e. The van der Waals surface area contributed by atoms with Crippen LogP contribution in [0.2, 0.25) is 0 Å². The molecule has 2 fully saturated rings. The molecule has 7 nitrogen and oxygen atoms in total. The first kappa shape index (κ1) is 20.9. The highest BCUT2D eigenvalue weighted by Crippen LogP contribution is 2.23. The molecule has 3 rings (SSSR count). The third-order valence-electron chi connectivity index (χ3n) is 5.56. The normalized spacial score (nSPS) is 24.4. The van der Waals surface area contributed by atoms with Crippen LogP contribution in [0.25, 0.3) is 0 Å². The largest absolute Gasteiger partial charge is 0.488 e. The van der Waals surface area contributed by atoms with Gasteiger partial charge in [0.15, 0.2) is 5.96 Å². The Morgan fingerprint density at radius 3 is 2.89 bits per heavy atom. The minimum Gasteiger partial charge on any atom is -0.488 e. The van der Waals surface area contributed by atoms with Crippen molar-refractivity contribution in [2.75, 3.05) is 60.5 Å². The van der Waals surface area contributed by atoms with E-state index in [0.717, 1.165) is 56.5 Å². The van der Waals surface area contributed by atoms with Crippen LogP contribution >= 0.6 is 0 Å². The van der Waals surface area contributed by atoms with Crippen molar-refractivity contribution in [3.63, 3.8) is 0 Å². The van der Waals surface area contributed by atoms with E-state index in [2.05, 4.69) is 64.6 Å². The number of ether oxygens (including phenoxy) is 2. The highest BCUT2D eigenvalue weighted by Gasteiger charge is 2.22. The number of hydrogen-bond donors (Lipinski definition) is 2. The lowest BCUT2D eigenvalue weighted by molar-refractivity contribution is 0.116. The van der Waals surface area contributed by atoms with Crippen molar-refractivity contribution in [2.45, 2.75) is 32.0 Å². The Hall–Kier alpha value is -1.83. The molecule has 1 aromatic carbocycles. The lowest BCUT2D eigenvalue weighted by Gasteiger charge is -2.37. The monoisotopic (exact) mass is 389 g/mol. The van der Waals surface area contributed by atoms with E-state index in [0.29, 0.717) is 19.2 Å². The Balaban J connectivity index is 1.54. The molecule has 0 aliphatic carbocycles. The molecule has 7 heteroatoms. The molecule has 0 spiro atoms. The highest BCUT2D eigenvalue weighted by molar-refractivity contribution is 5.79. The second-order valence-corrected chi connectivity index (χ2v) is 7.92. The van der Waals surface area contributed by atoms with Crippen LogP contribution in [0.15, 0.2) is 23.2 Å². The van der Waals surface area contributed by atoms with Crippen LogP contribution in [-0.4, -0.2) is 88.4 Å². The molecule has 2 saturated heterocycles. The van der Waals surface area contributed by atoms with E-state index in [1.165, 1.54) is 5.56 Å². The summed E-state index contributed by atoms with van der Waals surface area (Å²) in [6.07, 6.45) is 1.10. The fourth-order valence-electron chi connectivity index (χ4n) is 3.64. The van der Waals surface area contributed by atoms with Crippen LogP contribution in [0.1, 0.15) is 17.5 Å². The summed E-state index contributed by atoms with van der Waals surface area (Å²) < 4.78 is 11.6. The summed E-state index contributed by atoms with van der Waals surface area (Å²) in [7, 11) is 6.19. The first-order valence-corrected chi connectivity index (χ1v) is 10.2. The van der Waals surface area contributed by atoms with E-state index in [9.17, 15) is 0 Å². The second-order valence-electron chi connectivity index (χ2n) is 7.92. The standard InChI is InChI=1S/C21H35N5O2/c1-16-5-6-17(20(11-16)28-19-7-10-27-15-19)12-23-21(22-2)24-13-18-14-25(3)8-9-26(18)4/h5-6,11,18-19H,7-10,12-15H2,1-4H3,(H2,22,23,24). The van der Waals surface area contributed by atoms with Gasteiger partial charge in [0.1, 0.15) is 11.9 Å². The van der Waals surface area contributed by atoms with Crippen molar-refractivity contribution < 1.29 is 9.47 Å². The van der Waals surface area contributed by atoms with Crippen molar-refractivity contribution in [1.29, 1.82) is 0 Å². The summed E-state index contributed by atoms with van der Waals surface area (Å²) in [6, 6.07) is 6.85. The zero-order valence-corrected chi connectivity index (χ0v) is 17.7. The number of aryl methyl sites for hydroxylation is 1. The number of likely N-dealkylation sites (N-methyl/N-ethyl adjacent to an activating group) is 2. The fraction of sp³-hybridized carbons (Fsp3) is 0.667. The van der Waals surface area contributed by atoms with Crippen molar-refractivity contribution >= 4 is 5.96 Å². The summed E-state index contributed by atoms with van der Waals surface area (Å²) in [5.74, 6) is 1.75. The van der Waals surface area contributed by atoms with Gasteiger partial charge < -0.3 is 25.0 Å². The average molecular weight is 390 g/mol. The molecule has 2 atom stereocenters. The summed E-state index contributed by atoms with van der Waals surface area (Å²) in [4.78, 5) is 9.18. The third-order valence-corrected chi connectivity index (χ3v) is 5.56. The molecule has 0 aromatic heterocycles. The molecular weight excluding hydrogens is 354 g/mol. The van der Waals surface area contributed by atoms with Gasteiger partial charge in [0.2, 0.25) is 0 Å². The fourth-order valence-corrected chi connectivity index (χ4v) is 3.64. The van der Waals surface area contributed by atoms with Gasteiger partial charge >= 0.3 is 0 Å². The predicted molar refractivity (Wildman–Crippen MR) is 113 cm³/mol. The van der Waals surface area contributed by atoms with Crippen LogP contribution in [0.5, 0.6) is 5.75 Å². The van der Waals surface area contributed by atoms with Crippen molar-refractivity contribution in [3.05, 3.63) is 29.3 Å². The summed E-state index contributed by atoms with van der Waals surface area (Å²) in [5, 5.41) is 6.91. The Bertz CT molecular complexity index is 660. The Kier molecular flexibility index (Phi) is 7.53. The van der Waals surface area contributed by atoms with Crippen LogP contribution < -0.4 is 15.4 Å². The molecule has 0 radical (unpaired) electrons. The van der Waals surface area contributed by atoms with Gasteiger partial charge in [-0.15, -0.1) is 0 Å². The molecule has 2 unspecified atom stereocenters. The second kappa shape index (κ2) is 10.1. The molecular formula is C21H35N5O2. The SMILES string of the molecule is CN=C(NCc1ccc(C)cc1OC1CCOC1)NCC1CN(C)CCN1C. The number of aliphatic imine (C=N–C) groups is 1. The molecule has 1 aromatic rings. The topological polar surface area (TPSA) is 61.4 Å². The zero-order valence-electron chi connectivity index (χ0n) is 17.7. The van der Waals surface area contributed by atoms with E-state index in [1.54, 1.807) is 0 Å². The quantitative estimate of drug-likeness (QED) is 0.561. The number of benzene rings is 1. The first-order chi connectivity index (χ1) is 13.5. The smallest absolute Gasteiger partial charge is 0.191 e. The summed E-state index contributed by atoms with van der Waals surface area (Å²) in [5.41, 5.74) is 2.33. The maximum atomic E-state index is 6.20. The van der Waals surface area contributed by atoms with Gasteiger partial charge in [-0.05, 0) is 32.6 Å². The van der Waals surface area contributed by atoms with Crippen molar-refractivity contribution in [2.24, 2.45) is 4.99 Å². The van der Waals surface area contributed by atoms with Crippen LogP contribution in [0.4, 0.5) is 0 Å². The van der Waals surface area contributed by atoms with Gasteiger partial charge in [-0.25, -0.2) is 0 Å². The lowest BCUT2D eigenvalue weighted by Crippen LogP contribution is -2.55. The first-order valence-electron chi connectivity index (χ1n) is 10.2. The van der Waals surface area contributed by atoms with E-state index in [-0.39, 0.29) is 6.10 Å². The van der Waals surface area contributed by atoms with Gasteiger partial charge in [0.25, 0.3) is 0 Å². The maximum absolute atomic E-state index is 6.20. The summed E-state index contributed by atoms with van der Waals surface area (Å²) in [6.45, 7) is 8.39. The highest BCUT2D eigenvalue weighted by atomic mass is 16.5. The Morgan fingerprint density at radius 1 is 1.29 bits per heavy atom. The van der Waals surface area contributed by atoms with Gasteiger partial charge in [0.05, 0.1) is 13.2 Å². The van der Waals surface area contributed by atoms with Gasteiger partial charge in [-0.1, -0.05) is 12.1 Å². The minimum atomic E-state index is 0.150. The molecule has 2 aliphatic heterocycles. The number of piperazine rings is 1. The minimum absolute atomic E-state index is 0.150. The molecule has 0 amide bonds. The number of hydrogen-bond acceptors (Lipinski definition) is 5. The van der Waals surface area contributed by atoms with E-state index in [4.69, 9.17) is 9.47 Å². The zero-order chi connectivity index (χ0) is 19.9. The Labute approximate surface area is 169 Å². The van der Waals surface area contributed by atoms with Crippen molar-refractivity contribution in [3.8, 4) is 5.75 Å². The molecule has 2 N–H and O–H groups in total. The van der Waals surface area contributed by atoms with Gasteiger partial charge in [-0.3, -0.25) is 9.89 Å². The molecule has 0 saturated carbocycles. The van der Waals surface area contributed by atoms with E-state index in [1.807, 2.05) is 7.05 Å². The molecule has 0 bridgehead atoms. The number of nitrogens with zero attached hydrogens (tertiary/aromatic N) is 3. The molecule has 28 heavy (non-hydrogen) atoms. The van der Waals surface area contributed by atoms with Gasteiger partial charge in [0, 0.05) is 57.8 Å². The molecule has 2 heterocycles. The lowest BCUT2D eigenvalue weighted by atomic mass is 10.1. The van der Waals surface area contributed by atoms with Crippen molar-refractivity contribution in [1.82, 2.24) is 20.4 Å². The van der Waals surface area contributed by atoms with E-state index >= 15 is 0 Å². The van der Waals surface area contributed by atoms with Gasteiger partial charge in [-0.2, -0.15) is 0 Å². The van der Waals surface area contributed by atoms with Crippen LogP contribution in [-0.2, 0) is 11.3 Å².